The average Bonchev–Trinajstić information content (AvgIpc) is 3.42. The Hall–Kier alpha value is -3.79. The lowest BCUT2D eigenvalue weighted by atomic mass is 10.0. The lowest BCUT2D eigenvalue weighted by molar-refractivity contribution is 0.276. The maximum atomic E-state index is 13.9. The van der Waals surface area contributed by atoms with Crippen LogP contribution >= 0.6 is 0 Å². The van der Waals surface area contributed by atoms with Gasteiger partial charge in [0, 0.05) is 43.3 Å². The molecule has 0 aliphatic rings. The molecule has 0 spiro atoms. The molecule has 256 valence electrons. The van der Waals surface area contributed by atoms with Crippen LogP contribution in [0.3, 0.4) is 0 Å². The Morgan fingerprint density at radius 1 is 1.00 bits per heavy atom. The number of hydrogen-bond donors (Lipinski definition) is 2. The summed E-state index contributed by atoms with van der Waals surface area (Å²) in [5.41, 5.74) is 10.6. The van der Waals surface area contributed by atoms with Gasteiger partial charge < -0.3 is 20.0 Å². The van der Waals surface area contributed by atoms with Gasteiger partial charge in [0.1, 0.15) is 5.82 Å². The van der Waals surface area contributed by atoms with E-state index in [2.05, 4.69) is 112 Å². The summed E-state index contributed by atoms with van der Waals surface area (Å²) in [5, 5.41) is 12.3. The zero-order valence-corrected chi connectivity index (χ0v) is 31.2. The highest BCUT2D eigenvalue weighted by molar-refractivity contribution is 6.74. The number of unbranched alkanes of at least 4 members (excludes halogenated alkanes) is 2. The number of pyridine rings is 1. The van der Waals surface area contributed by atoms with E-state index in [1.54, 1.807) is 7.05 Å². The van der Waals surface area contributed by atoms with Crippen molar-refractivity contribution >= 4 is 35.7 Å². The van der Waals surface area contributed by atoms with Crippen molar-refractivity contribution in [2.24, 2.45) is 18.7 Å². The Kier molecular flexibility index (Phi) is 10.9. The Labute approximate surface area is 286 Å². The van der Waals surface area contributed by atoms with E-state index in [-0.39, 0.29) is 10.6 Å². The van der Waals surface area contributed by atoms with Crippen LogP contribution in [0.5, 0.6) is 0 Å². The molecule has 3 aromatic heterocycles. The van der Waals surface area contributed by atoms with Gasteiger partial charge in [-0.25, -0.2) is 9.67 Å². The third-order valence-corrected chi connectivity index (χ3v) is 14.2. The molecule has 0 aliphatic carbocycles. The van der Waals surface area contributed by atoms with Gasteiger partial charge in [0.05, 0.1) is 23.4 Å². The molecule has 5 aromatic rings. The molecule has 3 N–H and O–H groups in total. The monoisotopic (exact) mass is 666 g/mol. The van der Waals surface area contributed by atoms with E-state index in [9.17, 15) is 4.79 Å². The second kappa shape index (κ2) is 14.8. The Morgan fingerprint density at radius 2 is 1.75 bits per heavy atom. The average molecular weight is 667 g/mol. The van der Waals surface area contributed by atoms with E-state index >= 15 is 0 Å². The zero-order valence-electron chi connectivity index (χ0n) is 30.2. The van der Waals surface area contributed by atoms with Gasteiger partial charge in [-0.3, -0.25) is 4.79 Å². The molecular formula is C39H54N6O2Si. The quantitative estimate of drug-likeness (QED) is 0.0915. The third-order valence-electron chi connectivity index (χ3n) is 9.77. The predicted molar refractivity (Wildman–Crippen MR) is 203 cm³/mol. The Balaban J connectivity index is 1.61. The minimum absolute atomic E-state index is 0.0913. The lowest BCUT2D eigenvalue weighted by Gasteiger charge is -2.36. The number of hydrogen-bond acceptors (Lipinski definition) is 6. The van der Waals surface area contributed by atoms with Crippen molar-refractivity contribution in [1.82, 2.24) is 19.3 Å². The molecule has 0 amide bonds. The first kappa shape index (κ1) is 35.5. The standard InChI is InChI=1S/C39H54N6O2Si/c1-27(2)21-34-33-25-45(24-30-23-42-37(41-20-13-9-12-19-40)32-18-11-10-17-31(30)32)36(35(33)38(46)44(6)43-34)29-16-14-15-28(22-29)26-47-48(7,8)39(3,4)5/h10-11,14-18,22-23,25,27H,9,12-13,19-21,24,26,40H2,1-8H3,(H,41,42). The van der Waals surface area contributed by atoms with Crippen molar-refractivity contribution in [3.8, 4) is 11.3 Å². The number of nitrogens with zero attached hydrogens (tertiary/aromatic N) is 4. The number of aryl methyl sites for hydroxylation is 1. The Morgan fingerprint density at radius 3 is 2.46 bits per heavy atom. The summed E-state index contributed by atoms with van der Waals surface area (Å²) >= 11 is 0. The molecule has 0 saturated heterocycles. The second-order valence-electron chi connectivity index (χ2n) is 15.1. The van der Waals surface area contributed by atoms with Gasteiger partial charge >= 0.3 is 0 Å². The first-order chi connectivity index (χ1) is 22.8. The third kappa shape index (κ3) is 7.74. The number of nitrogens with one attached hydrogen (secondary N) is 1. The molecule has 48 heavy (non-hydrogen) atoms. The van der Waals surface area contributed by atoms with E-state index in [4.69, 9.17) is 20.2 Å². The highest BCUT2D eigenvalue weighted by atomic mass is 28.4. The number of fused-ring (bicyclic) bond motifs is 2. The molecule has 0 atom stereocenters. The van der Waals surface area contributed by atoms with Gasteiger partial charge in [0.2, 0.25) is 0 Å². The van der Waals surface area contributed by atoms with Crippen molar-refractivity contribution in [2.75, 3.05) is 18.4 Å². The molecule has 9 heteroatoms. The minimum atomic E-state index is -1.95. The van der Waals surface area contributed by atoms with E-state index in [0.29, 0.717) is 24.5 Å². The SMILES string of the molecule is CC(C)Cc1nn(C)c(=O)c2c(-c3cccc(CO[Si](C)(C)C(C)(C)C)c3)n(Cc3cnc(NCCCCCN)c4ccccc34)cc12. The van der Waals surface area contributed by atoms with Crippen molar-refractivity contribution in [1.29, 1.82) is 0 Å². The predicted octanol–water partition coefficient (Wildman–Crippen LogP) is 8.26. The fourth-order valence-corrected chi connectivity index (χ4v) is 7.01. The summed E-state index contributed by atoms with van der Waals surface area (Å²) in [7, 11) is -0.187. The van der Waals surface area contributed by atoms with Crippen LogP contribution in [0.25, 0.3) is 32.8 Å². The van der Waals surface area contributed by atoms with Gasteiger partial charge in [-0.15, -0.1) is 0 Å². The van der Waals surface area contributed by atoms with Crippen LogP contribution in [0, 0.1) is 5.92 Å². The molecule has 0 radical (unpaired) electrons. The van der Waals surface area contributed by atoms with Crippen LogP contribution in [0.1, 0.15) is 70.7 Å². The molecule has 5 rings (SSSR count). The molecule has 0 saturated carbocycles. The van der Waals surface area contributed by atoms with Gasteiger partial charge in [-0.1, -0.05) is 83.5 Å². The zero-order chi connectivity index (χ0) is 34.6. The number of rotatable bonds is 14. The summed E-state index contributed by atoms with van der Waals surface area (Å²) in [6, 6.07) is 16.9. The molecule has 2 aromatic carbocycles. The summed E-state index contributed by atoms with van der Waals surface area (Å²) in [6.07, 6.45) is 8.08. The van der Waals surface area contributed by atoms with E-state index in [1.165, 1.54) is 4.68 Å². The topological polar surface area (TPSA) is 100.0 Å². The van der Waals surface area contributed by atoms with Crippen molar-refractivity contribution in [3.63, 3.8) is 0 Å². The van der Waals surface area contributed by atoms with Crippen LogP contribution in [-0.4, -0.2) is 40.7 Å². The molecule has 8 nitrogen and oxygen atoms in total. The number of aromatic nitrogens is 4. The lowest BCUT2D eigenvalue weighted by Crippen LogP contribution is -2.40. The molecule has 0 bridgehead atoms. The number of nitrogens with two attached hydrogens (primary N) is 1. The smallest absolute Gasteiger partial charge is 0.276 e. The van der Waals surface area contributed by atoms with Gasteiger partial charge in [0.15, 0.2) is 8.32 Å². The molecule has 0 fully saturated rings. The van der Waals surface area contributed by atoms with Gasteiger partial charge in [-0.2, -0.15) is 5.10 Å². The van der Waals surface area contributed by atoms with Crippen LogP contribution < -0.4 is 16.6 Å². The summed E-state index contributed by atoms with van der Waals surface area (Å²) in [6.45, 7) is 18.4. The minimum Gasteiger partial charge on any atom is -0.413 e. The van der Waals surface area contributed by atoms with Crippen molar-refractivity contribution in [3.05, 3.63) is 88.1 Å². The highest BCUT2D eigenvalue weighted by Crippen LogP contribution is 2.38. The fraction of sp³-hybridized carbons (Fsp3) is 0.462. The van der Waals surface area contributed by atoms with E-state index in [1.807, 2.05) is 6.20 Å². The van der Waals surface area contributed by atoms with Crippen molar-refractivity contribution in [2.45, 2.75) is 91.6 Å². The van der Waals surface area contributed by atoms with Gasteiger partial charge in [-0.05, 0) is 78.0 Å². The fourth-order valence-electron chi connectivity index (χ4n) is 6.05. The molecule has 0 aliphatic heterocycles. The normalized spacial score (nSPS) is 12.5. The number of anilines is 1. The van der Waals surface area contributed by atoms with E-state index in [0.717, 1.165) is 88.8 Å². The Bertz CT molecular complexity index is 1940. The van der Waals surface area contributed by atoms with Crippen LogP contribution in [0.4, 0.5) is 5.82 Å². The van der Waals surface area contributed by atoms with Gasteiger partial charge in [0.25, 0.3) is 5.56 Å². The highest BCUT2D eigenvalue weighted by Gasteiger charge is 2.37. The summed E-state index contributed by atoms with van der Waals surface area (Å²) in [4.78, 5) is 18.8. The summed E-state index contributed by atoms with van der Waals surface area (Å²) in [5.74, 6) is 1.29. The van der Waals surface area contributed by atoms with Crippen LogP contribution in [-0.2, 0) is 31.0 Å². The first-order valence-corrected chi connectivity index (χ1v) is 20.3. The van der Waals surface area contributed by atoms with E-state index < -0.39 is 8.32 Å². The largest absolute Gasteiger partial charge is 0.413 e. The number of benzene rings is 2. The molecular weight excluding hydrogens is 613 g/mol. The molecule has 3 heterocycles. The maximum absolute atomic E-state index is 13.9. The first-order valence-electron chi connectivity index (χ1n) is 17.4. The van der Waals surface area contributed by atoms with Crippen LogP contribution in [0.2, 0.25) is 18.1 Å². The maximum Gasteiger partial charge on any atom is 0.276 e. The molecule has 0 unspecified atom stereocenters. The van der Waals surface area contributed by atoms with Crippen LogP contribution in [0.15, 0.2) is 65.7 Å². The summed E-state index contributed by atoms with van der Waals surface area (Å²) < 4.78 is 10.3. The van der Waals surface area contributed by atoms with Crippen molar-refractivity contribution < 1.29 is 4.43 Å². The second-order valence-corrected chi connectivity index (χ2v) is 19.9.